The zero-order valence-corrected chi connectivity index (χ0v) is 16.6. The van der Waals surface area contributed by atoms with Gasteiger partial charge in [-0.05, 0) is 44.9 Å². The number of guanidine groups is 1. The minimum absolute atomic E-state index is 0.178. The maximum absolute atomic E-state index is 14.4. The summed E-state index contributed by atoms with van der Waals surface area (Å²) in [6.45, 7) is 11.6. The van der Waals surface area contributed by atoms with Crippen LogP contribution in [-0.4, -0.2) is 57.3 Å². The molecule has 1 unspecified atom stereocenters. The Morgan fingerprint density at radius 3 is 2.65 bits per heavy atom. The van der Waals surface area contributed by atoms with Crippen LogP contribution in [0.3, 0.4) is 0 Å². The predicted molar refractivity (Wildman–Crippen MR) is 106 cm³/mol. The second kappa shape index (κ2) is 10.4. The van der Waals surface area contributed by atoms with E-state index in [0.717, 1.165) is 57.3 Å². The van der Waals surface area contributed by atoms with Gasteiger partial charge in [-0.1, -0.05) is 6.07 Å². The fourth-order valence-electron chi connectivity index (χ4n) is 3.31. The van der Waals surface area contributed by atoms with Crippen molar-refractivity contribution in [3.05, 3.63) is 29.6 Å². The SMILES string of the molecule is CCNC(=NCc1ccc(N(CC)CC)c(F)c1)N(C)CC1CCOC1. The van der Waals surface area contributed by atoms with Crippen molar-refractivity contribution >= 4 is 11.6 Å². The molecule has 2 rings (SSSR count). The summed E-state index contributed by atoms with van der Waals surface area (Å²) in [7, 11) is 2.05. The molecule has 26 heavy (non-hydrogen) atoms. The molecule has 146 valence electrons. The van der Waals surface area contributed by atoms with E-state index in [1.807, 2.05) is 37.9 Å². The van der Waals surface area contributed by atoms with Crippen LogP contribution in [0.25, 0.3) is 0 Å². The normalized spacial score (nSPS) is 17.4. The highest BCUT2D eigenvalue weighted by atomic mass is 19.1. The van der Waals surface area contributed by atoms with Gasteiger partial charge in [0.25, 0.3) is 0 Å². The van der Waals surface area contributed by atoms with Gasteiger partial charge in [-0.15, -0.1) is 0 Å². The first kappa shape index (κ1) is 20.5. The number of nitrogens with zero attached hydrogens (tertiary/aromatic N) is 3. The van der Waals surface area contributed by atoms with Crippen LogP contribution in [-0.2, 0) is 11.3 Å². The molecule has 0 amide bonds. The Kier molecular flexibility index (Phi) is 8.16. The average molecular weight is 365 g/mol. The lowest BCUT2D eigenvalue weighted by molar-refractivity contribution is 0.181. The maximum Gasteiger partial charge on any atom is 0.193 e. The summed E-state index contributed by atoms with van der Waals surface area (Å²) in [5.41, 5.74) is 1.54. The van der Waals surface area contributed by atoms with E-state index in [1.54, 1.807) is 6.07 Å². The number of rotatable bonds is 8. The second-order valence-corrected chi connectivity index (χ2v) is 6.74. The summed E-state index contributed by atoms with van der Waals surface area (Å²) in [5.74, 6) is 1.23. The summed E-state index contributed by atoms with van der Waals surface area (Å²) in [5, 5.41) is 3.32. The monoisotopic (exact) mass is 364 g/mol. The first-order valence-electron chi connectivity index (χ1n) is 9.69. The molecule has 5 nitrogen and oxygen atoms in total. The Labute approximate surface area is 157 Å². The summed E-state index contributed by atoms with van der Waals surface area (Å²) >= 11 is 0. The number of benzene rings is 1. The minimum Gasteiger partial charge on any atom is -0.381 e. The zero-order chi connectivity index (χ0) is 18.9. The third kappa shape index (κ3) is 5.59. The quantitative estimate of drug-likeness (QED) is 0.568. The third-order valence-electron chi connectivity index (χ3n) is 4.78. The van der Waals surface area contributed by atoms with E-state index in [4.69, 9.17) is 9.73 Å². The molecule has 0 aliphatic carbocycles. The molecule has 1 aliphatic rings. The van der Waals surface area contributed by atoms with Gasteiger partial charge in [-0.3, -0.25) is 0 Å². The summed E-state index contributed by atoms with van der Waals surface area (Å²) in [6, 6.07) is 5.43. The molecule has 6 heteroatoms. The molecule has 0 saturated carbocycles. The number of ether oxygens (including phenoxy) is 1. The lowest BCUT2D eigenvalue weighted by Crippen LogP contribution is -2.41. The van der Waals surface area contributed by atoms with E-state index >= 15 is 0 Å². The minimum atomic E-state index is -0.178. The Balaban J connectivity index is 2.04. The van der Waals surface area contributed by atoms with Gasteiger partial charge in [0.15, 0.2) is 5.96 Å². The van der Waals surface area contributed by atoms with Crippen LogP contribution in [0.15, 0.2) is 23.2 Å². The predicted octanol–water partition coefficient (Wildman–Crippen LogP) is 3.11. The molecule has 0 spiro atoms. The van der Waals surface area contributed by atoms with Crippen molar-refractivity contribution in [2.75, 3.05) is 51.3 Å². The number of hydrogen-bond donors (Lipinski definition) is 1. The van der Waals surface area contributed by atoms with Crippen molar-refractivity contribution in [1.29, 1.82) is 0 Å². The fraction of sp³-hybridized carbons (Fsp3) is 0.650. The van der Waals surface area contributed by atoms with Crippen LogP contribution < -0.4 is 10.2 Å². The molecule has 1 aliphatic heterocycles. The van der Waals surface area contributed by atoms with Crippen LogP contribution in [0.1, 0.15) is 32.8 Å². The Morgan fingerprint density at radius 1 is 1.31 bits per heavy atom. The van der Waals surface area contributed by atoms with Gasteiger partial charge < -0.3 is 19.9 Å². The van der Waals surface area contributed by atoms with Gasteiger partial charge in [0, 0.05) is 45.8 Å². The molecular weight excluding hydrogens is 331 g/mol. The number of aliphatic imine (C=N–C) groups is 1. The Bertz CT molecular complexity index is 583. The van der Waals surface area contributed by atoms with Crippen LogP contribution >= 0.6 is 0 Å². The van der Waals surface area contributed by atoms with E-state index < -0.39 is 0 Å². The first-order chi connectivity index (χ1) is 12.6. The maximum atomic E-state index is 14.4. The van der Waals surface area contributed by atoms with E-state index in [0.29, 0.717) is 18.2 Å². The second-order valence-electron chi connectivity index (χ2n) is 6.74. The van der Waals surface area contributed by atoms with E-state index in [9.17, 15) is 4.39 Å². The van der Waals surface area contributed by atoms with Crippen molar-refractivity contribution in [3.8, 4) is 0 Å². The van der Waals surface area contributed by atoms with E-state index in [2.05, 4.69) is 17.1 Å². The molecular formula is C20H33FN4O. The van der Waals surface area contributed by atoms with Crippen molar-refractivity contribution in [2.45, 2.75) is 33.7 Å². The topological polar surface area (TPSA) is 40.1 Å². The van der Waals surface area contributed by atoms with Gasteiger partial charge in [0.1, 0.15) is 5.82 Å². The van der Waals surface area contributed by atoms with Gasteiger partial charge >= 0.3 is 0 Å². The third-order valence-corrected chi connectivity index (χ3v) is 4.78. The van der Waals surface area contributed by atoms with Gasteiger partial charge in [-0.25, -0.2) is 9.38 Å². The molecule has 1 saturated heterocycles. The molecule has 1 N–H and O–H groups in total. The molecule has 0 radical (unpaired) electrons. The molecule has 0 aromatic heterocycles. The largest absolute Gasteiger partial charge is 0.381 e. The van der Waals surface area contributed by atoms with Gasteiger partial charge in [-0.2, -0.15) is 0 Å². The average Bonchev–Trinajstić information content (AvgIpc) is 3.14. The van der Waals surface area contributed by atoms with Gasteiger partial charge in [0.2, 0.25) is 0 Å². The standard InChI is InChI=1S/C20H33FN4O/c1-5-22-20(24(4)14-17-10-11-26-15-17)23-13-16-8-9-19(18(21)12-16)25(6-2)7-3/h8-9,12,17H,5-7,10-11,13-15H2,1-4H3,(H,22,23). The Hall–Kier alpha value is -1.82. The van der Waals surface area contributed by atoms with E-state index in [1.165, 1.54) is 0 Å². The van der Waals surface area contributed by atoms with Crippen LogP contribution in [0.5, 0.6) is 0 Å². The number of nitrogens with one attached hydrogen (secondary N) is 1. The highest BCUT2D eigenvalue weighted by Gasteiger charge is 2.19. The van der Waals surface area contributed by atoms with Gasteiger partial charge in [0.05, 0.1) is 18.8 Å². The van der Waals surface area contributed by atoms with E-state index in [-0.39, 0.29) is 5.82 Å². The van der Waals surface area contributed by atoms with Crippen molar-refractivity contribution < 1.29 is 9.13 Å². The molecule has 0 bridgehead atoms. The van der Waals surface area contributed by atoms with Crippen LogP contribution in [0.2, 0.25) is 0 Å². The molecule has 1 aromatic rings. The van der Waals surface area contributed by atoms with Crippen LogP contribution in [0, 0.1) is 11.7 Å². The number of anilines is 1. The molecule has 1 atom stereocenters. The van der Waals surface area contributed by atoms with Crippen molar-refractivity contribution in [1.82, 2.24) is 10.2 Å². The highest BCUT2D eigenvalue weighted by molar-refractivity contribution is 5.79. The Morgan fingerprint density at radius 2 is 2.08 bits per heavy atom. The lowest BCUT2D eigenvalue weighted by atomic mass is 10.1. The van der Waals surface area contributed by atoms with Crippen molar-refractivity contribution in [2.24, 2.45) is 10.9 Å². The molecule has 1 aromatic carbocycles. The van der Waals surface area contributed by atoms with Crippen molar-refractivity contribution in [3.63, 3.8) is 0 Å². The highest BCUT2D eigenvalue weighted by Crippen LogP contribution is 2.21. The smallest absolute Gasteiger partial charge is 0.193 e. The summed E-state index contributed by atoms with van der Waals surface area (Å²) in [4.78, 5) is 8.85. The number of hydrogen-bond acceptors (Lipinski definition) is 3. The molecule has 1 fully saturated rings. The van der Waals surface area contributed by atoms with Crippen LogP contribution in [0.4, 0.5) is 10.1 Å². The lowest BCUT2D eigenvalue weighted by Gasteiger charge is -2.24. The number of halogens is 1. The first-order valence-corrected chi connectivity index (χ1v) is 9.69. The summed E-state index contributed by atoms with van der Waals surface area (Å²) in [6.07, 6.45) is 1.10. The zero-order valence-electron chi connectivity index (χ0n) is 16.6. The summed E-state index contributed by atoms with van der Waals surface area (Å²) < 4.78 is 19.9. The fourth-order valence-corrected chi connectivity index (χ4v) is 3.31. The molecule has 1 heterocycles.